The molecule has 0 saturated heterocycles. The van der Waals surface area contributed by atoms with Crippen LogP contribution in [0.15, 0.2) is 29.4 Å². The second-order valence-electron chi connectivity index (χ2n) is 3.55. The monoisotopic (exact) mass is 238 g/mol. The molecule has 16 heavy (non-hydrogen) atoms. The molecule has 0 aromatic heterocycles. The van der Waals surface area contributed by atoms with Crippen LogP contribution in [0, 0.1) is 0 Å². The van der Waals surface area contributed by atoms with Crippen LogP contribution in [0.2, 0.25) is 5.02 Å². The number of hydrazone groups is 1. The third-order valence-corrected chi connectivity index (χ3v) is 2.28. The summed E-state index contributed by atoms with van der Waals surface area (Å²) in [5.41, 5.74) is 3.93. The van der Waals surface area contributed by atoms with Crippen molar-refractivity contribution in [2.45, 2.75) is 26.7 Å². The molecule has 0 spiro atoms. The van der Waals surface area contributed by atoms with Crippen LogP contribution in [0.4, 0.5) is 0 Å². The SMILES string of the molecule is CCC/C(C)=N/NC(=O)c1cccc(Cl)c1. The molecule has 0 aliphatic heterocycles. The number of benzene rings is 1. The second kappa shape index (κ2) is 6.28. The summed E-state index contributed by atoms with van der Waals surface area (Å²) in [5, 5.41) is 4.54. The lowest BCUT2D eigenvalue weighted by Crippen LogP contribution is -2.18. The molecule has 1 rings (SSSR count). The van der Waals surface area contributed by atoms with E-state index >= 15 is 0 Å². The Morgan fingerprint density at radius 1 is 1.50 bits per heavy atom. The first-order valence-electron chi connectivity index (χ1n) is 5.22. The average molecular weight is 239 g/mol. The van der Waals surface area contributed by atoms with E-state index < -0.39 is 0 Å². The number of hydrogen-bond donors (Lipinski definition) is 1. The van der Waals surface area contributed by atoms with E-state index in [9.17, 15) is 4.79 Å². The second-order valence-corrected chi connectivity index (χ2v) is 3.98. The van der Waals surface area contributed by atoms with Crippen LogP contribution < -0.4 is 5.43 Å². The first-order valence-corrected chi connectivity index (χ1v) is 5.60. The topological polar surface area (TPSA) is 41.5 Å². The highest BCUT2D eigenvalue weighted by atomic mass is 35.5. The molecule has 1 aromatic rings. The molecule has 4 heteroatoms. The molecule has 86 valence electrons. The molecule has 1 aromatic carbocycles. The number of rotatable bonds is 4. The first kappa shape index (κ1) is 12.7. The number of hydrogen-bond acceptors (Lipinski definition) is 2. The minimum atomic E-state index is -0.238. The number of halogens is 1. The normalized spacial score (nSPS) is 11.3. The Kier molecular flexibility index (Phi) is 4.99. The smallest absolute Gasteiger partial charge is 0.267 e. The van der Waals surface area contributed by atoms with Gasteiger partial charge in [0.1, 0.15) is 0 Å². The van der Waals surface area contributed by atoms with Gasteiger partial charge in [-0.1, -0.05) is 31.0 Å². The largest absolute Gasteiger partial charge is 0.271 e. The molecule has 0 unspecified atom stereocenters. The maximum absolute atomic E-state index is 11.6. The van der Waals surface area contributed by atoms with Crippen molar-refractivity contribution in [3.8, 4) is 0 Å². The van der Waals surface area contributed by atoms with Crippen molar-refractivity contribution >= 4 is 23.2 Å². The Bertz CT molecular complexity index is 402. The molecule has 0 saturated carbocycles. The molecule has 1 amide bonds. The lowest BCUT2D eigenvalue weighted by molar-refractivity contribution is 0.0954. The quantitative estimate of drug-likeness (QED) is 0.635. The minimum absolute atomic E-state index is 0.238. The Morgan fingerprint density at radius 2 is 2.25 bits per heavy atom. The van der Waals surface area contributed by atoms with E-state index in [1.54, 1.807) is 24.3 Å². The lowest BCUT2D eigenvalue weighted by Gasteiger charge is -2.02. The summed E-state index contributed by atoms with van der Waals surface area (Å²) in [5.74, 6) is -0.238. The zero-order chi connectivity index (χ0) is 12.0. The molecule has 0 radical (unpaired) electrons. The summed E-state index contributed by atoms with van der Waals surface area (Å²) in [6.07, 6.45) is 1.90. The maximum Gasteiger partial charge on any atom is 0.271 e. The standard InChI is InChI=1S/C12H15ClN2O/c1-3-5-9(2)14-15-12(16)10-6-4-7-11(13)8-10/h4,6-8H,3,5H2,1-2H3,(H,15,16)/b14-9+. The predicted octanol–water partition coefficient (Wildman–Crippen LogP) is 3.25. The van der Waals surface area contributed by atoms with Crippen molar-refractivity contribution in [1.29, 1.82) is 0 Å². The van der Waals surface area contributed by atoms with E-state index in [1.807, 2.05) is 6.92 Å². The summed E-state index contributed by atoms with van der Waals surface area (Å²) >= 11 is 5.79. The predicted molar refractivity (Wildman–Crippen MR) is 66.9 cm³/mol. The number of carbonyl (C=O) groups excluding carboxylic acids is 1. The van der Waals surface area contributed by atoms with Crippen LogP contribution in [-0.4, -0.2) is 11.6 Å². The van der Waals surface area contributed by atoms with Gasteiger partial charge in [0.25, 0.3) is 5.91 Å². The van der Waals surface area contributed by atoms with Crippen LogP contribution in [0.25, 0.3) is 0 Å². The number of amides is 1. The van der Waals surface area contributed by atoms with Crippen molar-refractivity contribution in [2.75, 3.05) is 0 Å². The van der Waals surface area contributed by atoms with Gasteiger partial charge in [0, 0.05) is 16.3 Å². The number of nitrogens with zero attached hydrogens (tertiary/aromatic N) is 1. The van der Waals surface area contributed by atoms with E-state index in [2.05, 4.69) is 17.5 Å². The van der Waals surface area contributed by atoms with E-state index in [-0.39, 0.29) is 5.91 Å². The Morgan fingerprint density at radius 3 is 2.88 bits per heavy atom. The fourth-order valence-electron chi connectivity index (χ4n) is 1.26. The summed E-state index contributed by atoms with van der Waals surface area (Å²) in [6, 6.07) is 6.78. The van der Waals surface area contributed by atoms with Gasteiger partial charge in [-0.2, -0.15) is 5.10 Å². The van der Waals surface area contributed by atoms with Gasteiger partial charge < -0.3 is 0 Å². The van der Waals surface area contributed by atoms with Gasteiger partial charge in [-0.15, -0.1) is 0 Å². The molecule has 0 aliphatic rings. The van der Waals surface area contributed by atoms with E-state index in [4.69, 9.17) is 11.6 Å². The summed E-state index contributed by atoms with van der Waals surface area (Å²) in [7, 11) is 0. The molecule has 3 nitrogen and oxygen atoms in total. The van der Waals surface area contributed by atoms with Crippen molar-refractivity contribution in [2.24, 2.45) is 5.10 Å². The zero-order valence-electron chi connectivity index (χ0n) is 9.46. The third kappa shape index (κ3) is 4.03. The van der Waals surface area contributed by atoms with E-state index in [0.717, 1.165) is 18.6 Å². The van der Waals surface area contributed by atoms with Gasteiger partial charge in [0.2, 0.25) is 0 Å². The van der Waals surface area contributed by atoms with Crippen molar-refractivity contribution in [1.82, 2.24) is 5.43 Å². The van der Waals surface area contributed by atoms with Gasteiger partial charge in [0.05, 0.1) is 0 Å². The molecule has 0 atom stereocenters. The molecule has 1 N–H and O–H groups in total. The van der Waals surface area contributed by atoms with Crippen molar-refractivity contribution < 1.29 is 4.79 Å². The molecular formula is C12H15ClN2O. The van der Waals surface area contributed by atoms with Crippen LogP contribution in [0.5, 0.6) is 0 Å². The Balaban J connectivity index is 2.63. The van der Waals surface area contributed by atoms with Gasteiger partial charge >= 0.3 is 0 Å². The highest BCUT2D eigenvalue weighted by Crippen LogP contribution is 2.10. The highest BCUT2D eigenvalue weighted by molar-refractivity contribution is 6.30. The molecule has 0 bridgehead atoms. The molecule has 0 aliphatic carbocycles. The van der Waals surface area contributed by atoms with Gasteiger partial charge in [0.15, 0.2) is 0 Å². The number of carbonyl (C=O) groups is 1. The lowest BCUT2D eigenvalue weighted by atomic mass is 10.2. The first-order chi connectivity index (χ1) is 7.63. The molecule has 0 heterocycles. The van der Waals surface area contributed by atoms with Gasteiger partial charge in [-0.3, -0.25) is 4.79 Å². The van der Waals surface area contributed by atoms with Crippen LogP contribution >= 0.6 is 11.6 Å². The Hall–Kier alpha value is -1.35. The molecular weight excluding hydrogens is 224 g/mol. The summed E-state index contributed by atoms with van der Waals surface area (Å²) in [4.78, 5) is 11.6. The van der Waals surface area contributed by atoms with Crippen molar-refractivity contribution in [3.05, 3.63) is 34.9 Å². The summed E-state index contributed by atoms with van der Waals surface area (Å²) in [6.45, 7) is 3.96. The maximum atomic E-state index is 11.6. The minimum Gasteiger partial charge on any atom is -0.267 e. The van der Waals surface area contributed by atoms with Gasteiger partial charge in [-0.05, 0) is 31.5 Å². The fraction of sp³-hybridized carbons (Fsp3) is 0.333. The van der Waals surface area contributed by atoms with Crippen LogP contribution in [0.1, 0.15) is 37.0 Å². The van der Waals surface area contributed by atoms with Crippen LogP contribution in [-0.2, 0) is 0 Å². The van der Waals surface area contributed by atoms with Gasteiger partial charge in [-0.25, -0.2) is 5.43 Å². The Labute approximate surface area is 101 Å². The molecule has 0 fully saturated rings. The van der Waals surface area contributed by atoms with E-state index in [1.165, 1.54) is 0 Å². The van der Waals surface area contributed by atoms with Crippen molar-refractivity contribution in [3.63, 3.8) is 0 Å². The van der Waals surface area contributed by atoms with E-state index in [0.29, 0.717) is 10.6 Å². The summed E-state index contributed by atoms with van der Waals surface area (Å²) < 4.78 is 0. The van der Waals surface area contributed by atoms with Crippen LogP contribution in [0.3, 0.4) is 0 Å². The zero-order valence-corrected chi connectivity index (χ0v) is 10.2. The fourth-order valence-corrected chi connectivity index (χ4v) is 1.45. The number of nitrogens with one attached hydrogen (secondary N) is 1. The third-order valence-electron chi connectivity index (χ3n) is 2.05. The average Bonchev–Trinajstić information content (AvgIpc) is 2.26. The highest BCUT2D eigenvalue weighted by Gasteiger charge is 2.04.